The molecule has 20 heavy (non-hydrogen) atoms. The van der Waals surface area contributed by atoms with E-state index in [0.29, 0.717) is 5.56 Å². The summed E-state index contributed by atoms with van der Waals surface area (Å²) in [5.74, 6) is -0.521. The van der Waals surface area contributed by atoms with Crippen LogP contribution in [0, 0.1) is 0 Å². The molecule has 1 heterocycles. The summed E-state index contributed by atoms with van der Waals surface area (Å²) in [7, 11) is -2.02. The van der Waals surface area contributed by atoms with Crippen molar-refractivity contribution in [2.24, 2.45) is 0 Å². The van der Waals surface area contributed by atoms with Crippen molar-refractivity contribution >= 4 is 15.8 Å². The molecule has 1 N–H and O–H groups in total. The zero-order valence-electron chi connectivity index (χ0n) is 11.8. The number of carbonyl (C=O) groups excluding carboxylic acids is 1. The van der Waals surface area contributed by atoms with Crippen LogP contribution in [-0.2, 0) is 24.9 Å². The van der Waals surface area contributed by atoms with Crippen molar-refractivity contribution in [2.45, 2.75) is 36.7 Å². The predicted octanol–water partition coefficient (Wildman–Crippen LogP) is 1.23. The molecular formula is C14H19NO4S. The van der Waals surface area contributed by atoms with E-state index in [9.17, 15) is 13.2 Å². The van der Waals surface area contributed by atoms with E-state index in [4.69, 9.17) is 4.74 Å². The second-order valence-electron chi connectivity index (χ2n) is 5.26. The quantitative estimate of drug-likeness (QED) is 0.850. The molecule has 5 nitrogen and oxygen atoms in total. The smallest absolute Gasteiger partial charge is 0.330 e. The number of rotatable bonds is 3. The molecule has 1 atom stereocenters. The third kappa shape index (κ3) is 2.33. The summed E-state index contributed by atoms with van der Waals surface area (Å²) in [5, 5.41) is 3.20. The molecule has 0 fully saturated rings. The fourth-order valence-corrected chi connectivity index (χ4v) is 4.37. The van der Waals surface area contributed by atoms with E-state index in [1.54, 1.807) is 24.3 Å². The molecule has 0 saturated heterocycles. The first-order valence-corrected chi connectivity index (χ1v) is 8.17. The van der Waals surface area contributed by atoms with E-state index in [0.717, 1.165) is 0 Å². The van der Waals surface area contributed by atoms with Crippen molar-refractivity contribution in [1.82, 2.24) is 5.32 Å². The average Bonchev–Trinajstić information content (AvgIpc) is 2.41. The SMILES string of the molecule is COC(=O)C1(NC(C)C)CCS(=O)(=O)c2ccccc21. The third-order valence-electron chi connectivity index (χ3n) is 3.50. The molecule has 6 heteroatoms. The summed E-state index contributed by atoms with van der Waals surface area (Å²) in [5.41, 5.74) is -0.614. The largest absolute Gasteiger partial charge is 0.467 e. The fraction of sp³-hybridized carbons (Fsp3) is 0.500. The summed E-state index contributed by atoms with van der Waals surface area (Å²) >= 11 is 0. The van der Waals surface area contributed by atoms with Gasteiger partial charge in [-0.05, 0) is 26.3 Å². The fourth-order valence-electron chi connectivity index (χ4n) is 2.71. The van der Waals surface area contributed by atoms with Crippen LogP contribution >= 0.6 is 0 Å². The van der Waals surface area contributed by atoms with Crippen LogP contribution in [0.15, 0.2) is 29.2 Å². The van der Waals surface area contributed by atoms with Crippen molar-refractivity contribution in [1.29, 1.82) is 0 Å². The summed E-state index contributed by atoms with van der Waals surface area (Å²) in [6.07, 6.45) is 0.178. The minimum atomic E-state index is -3.34. The molecule has 0 aliphatic carbocycles. The molecule has 0 aromatic heterocycles. The van der Waals surface area contributed by atoms with E-state index in [1.807, 2.05) is 13.8 Å². The molecule has 1 aliphatic rings. The Kier molecular flexibility index (Phi) is 3.88. The van der Waals surface area contributed by atoms with Gasteiger partial charge in [0.25, 0.3) is 0 Å². The van der Waals surface area contributed by atoms with Crippen LogP contribution < -0.4 is 5.32 Å². The molecule has 0 bridgehead atoms. The molecule has 0 amide bonds. The Morgan fingerprint density at radius 3 is 2.60 bits per heavy atom. The van der Waals surface area contributed by atoms with E-state index in [-0.39, 0.29) is 23.1 Å². The topological polar surface area (TPSA) is 72.5 Å². The Balaban J connectivity index is 2.68. The zero-order valence-corrected chi connectivity index (χ0v) is 12.7. The van der Waals surface area contributed by atoms with Gasteiger partial charge in [-0.3, -0.25) is 5.32 Å². The second kappa shape index (κ2) is 5.18. The average molecular weight is 297 g/mol. The molecule has 1 aromatic rings. The van der Waals surface area contributed by atoms with Crippen LogP contribution in [0.4, 0.5) is 0 Å². The van der Waals surface area contributed by atoms with Crippen molar-refractivity contribution < 1.29 is 17.9 Å². The van der Waals surface area contributed by atoms with Crippen molar-refractivity contribution in [2.75, 3.05) is 12.9 Å². The first kappa shape index (κ1) is 15.0. The standard InChI is InChI=1S/C14H19NO4S/c1-10(2)15-14(13(16)19-3)8-9-20(17,18)12-7-5-4-6-11(12)14/h4-7,10,15H,8-9H2,1-3H3. The molecule has 2 rings (SSSR count). The van der Waals surface area contributed by atoms with Gasteiger partial charge in [0.05, 0.1) is 17.8 Å². The minimum absolute atomic E-state index is 0.0166. The lowest BCUT2D eigenvalue weighted by Gasteiger charge is -2.38. The Bertz CT molecular complexity index is 624. The van der Waals surface area contributed by atoms with Crippen LogP contribution in [0.5, 0.6) is 0 Å². The van der Waals surface area contributed by atoms with Gasteiger partial charge in [-0.1, -0.05) is 18.2 Å². The van der Waals surface area contributed by atoms with Gasteiger partial charge in [0.2, 0.25) is 0 Å². The van der Waals surface area contributed by atoms with Gasteiger partial charge < -0.3 is 4.74 Å². The van der Waals surface area contributed by atoms with Crippen LogP contribution in [-0.4, -0.2) is 33.3 Å². The molecule has 0 spiro atoms. The number of fused-ring (bicyclic) bond motifs is 1. The lowest BCUT2D eigenvalue weighted by atomic mass is 9.86. The number of methoxy groups -OCH3 is 1. The first-order valence-electron chi connectivity index (χ1n) is 6.52. The van der Waals surface area contributed by atoms with Crippen molar-refractivity contribution in [3.63, 3.8) is 0 Å². The predicted molar refractivity (Wildman–Crippen MR) is 75.1 cm³/mol. The third-order valence-corrected chi connectivity index (χ3v) is 5.26. The molecule has 1 aliphatic heterocycles. The first-order chi connectivity index (χ1) is 9.33. The molecule has 1 aromatic carbocycles. The van der Waals surface area contributed by atoms with Gasteiger partial charge >= 0.3 is 5.97 Å². The van der Waals surface area contributed by atoms with Gasteiger partial charge in [-0.15, -0.1) is 0 Å². The lowest BCUT2D eigenvalue weighted by Crippen LogP contribution is -2.55. The van der Waals surface area contributed by atoms with Crippen LogP contribution in [0.2, 0.25) is 0 Å². The second-order valence-corrected chi connectivity index (χ2v) is 7.34. The Morgan fingerprint density at radius 2 is 2.00 bits per heavy atom. The van der Waals surface area contributed by atoms with E-state index in [2.05, 4.69) is 5.32 Å². The van der Waals surface area contributed by atoms with Gasteiger partial charge in [-0.25, -0.2) is 13.2 Å². The maximum Gasteiger partial charge on any atom is 0.330 e. The number of hydrogen-bond donors (Lipinski definition) is 1. The Labute approximate surface area is 119 Å². The van der Waals surface area contributed by atoms with Gasteiger partial charge in [-0.2, -0.15) is 0 Å². The summed E-state index contributed by atoms with van der Waals surface area (Å²) in [4.78, 5) is 12.5. The number of hydrogen-bond acceptors (Lipinski definition) is 5. The summed E-state index contributed by atoms with van der Waals surface area (Å²) in [6, 6.07) is 6.64. The molecular weight excluding hydrogens is 278 g/mol. The highest BCUT2D eigenvalue weighted by molar-refractivity contribution is 7.91. The number of benzene rings is 1. The van der Waals surface area contributed by atoms with E-state index >= 15 is 0 Å². The normalized spacial score (nSPS) is 24.2. The highest BCUT2D eigenvalue weighted by atomic mass is 32.2. The Hall–Kier alpha value is -1.40. The molecule has 0 saturated carbocycles. The highest BCUT2D eigenvalue weighted by Crippen LogP contribution is 2.38. The lowest BCUT2D eigenvalue weighted by molar-refractivity contribution is -0.150. The zero-order chi connectivity index (χ0) is 15.0. The van der Waals surface area contributed by atoms with E-state index in [1.165, 1.54) is 7.11 Å². The number of esters is 1. The van der Waals surface area contributed by atoms with Gasteiger partial charge in [0.1, 0.15) is 5.54 Å². The maximum absolute atomic E-state index is 12.3. The Morgan fingerprint density at radius 1 is 1.35 bits per heavy atom. The monoisotopic (exact) mass is 297 g/mol. The maximum atomic E-state index is 12.3. The number of ether oxygens (including phenoxy) is 1. The van der Waals surface area contributed by atoms with Crippen LogP contribution in [0.3, 0.4) is 0 Å². The molecule has 1 unspecified atom stereocenters. The summed E-state index contributed by atoms with van der Waals surface area (Å²) < 4.78 is 29.3. The summed E-state index contributed by atoms with van der Waals surface area (Å²) in [6.45, 7) is 3.83. The minimum Gasteiger partial charge on any atom is -0.467 e. The number of carbonyl (C=O) groups is 1. The van der Waals surface area contributed by atoms with Crippen molar-refractivity contribution in [3.8, 4) is 0 Å². The highest BCUT2D eigenvalue weighted by Gasteiger charge is 2.48. The number of nitrogens with one attached hydrogen (secondary N) is 1. The molecule has 110 valence electrons. The molecule has 0 radical (unpaired) electrons. The van der Waals surface area contributed by atoms with Crippen LogP contribution in [0.25, 0.3) is 0 Å². The van der Waals surface area contributed by atoms with Gasteiger partial charge in [0, 0.05) is 11.6 Å². The van der Waals surface area contributed by atoms with Crippen molar-refractivity contribution in [3.05, 3.63) is 29.8 Å². The van der Waals surface area contributed by atoms with E-state index < -0.39 is 21.3 Å². The number of sulfone groups is 1. The van der Waals surface area contributed by atoms with Crippen LogP contribution in [0.1, 0.15) is 25.8 Å². The van der Waals surface area contributed by atoms with Gasteiger partial charge in [0.15, 0.2) is 9.84 Å².